The van der Waals surface area contributed by atoms with Crippen LogP contribution in [0.15, 0.2) is 75.0 Å². The molecule has 0 radical (unpaired) electrons. The Labute approximate surface area is 248 Å². The van der Waals surface area contributed by atoms with E-state index in [1.54, 1.807) is 31.3 Å². The summed E-state index contributed by atoms with van der Waals surface area (Å²) in [5.74, 6) is 0.294. The molecule has 1 saturated heterocycles. The number of halogens is 3. The first kappa shape index (κ1) is 27.1. The Hall–Kier alpha value is -1.90. The summed E-state index contributed by atoms with van der Waals surface area (Å²) in [6, 6.07) is 18.8. The molecule has 36 heavy (non-hydrogen) atoms. The lowest BCUT2D eigenvalue weighted by molar-refractivity contribution is -0.121. The minimum atomic E-state index is -0.407. The summed E-state index contributed by atoms with van der Waals surface area (Å²) in [6.45, 7) is 0.472. The molecule has 0 N–H and O–H groups in total. The molecule has 1 heterocycles. The molecule has 0 unspecified atom stereocenters. The summed E-state index contributed by atoms with van der Waals surface area (Å²) >= 11 is 9.28. The second-order valence-corrected chi connectivity index (χ2v) is 11.9. The van der Waals surface area contributed by atoms with Crippen LogP contribution in [0.4, 0.5) is 5.69 Å². The number of methoxy groups -OCH3 is 1. The Morgan fingerprint density at radius 2 is 1.72 bits per heavy atom. The Morgan fingerprint density at radius 3 is 2.33 bits per heavy atom. The zero-order valence-corrected chi connectivity index (χ0v) is 25.8. The summed E-state index contributed by atoms with van der Waals surface area (Å²) in [6.07, 6.45) is 1.87. The predicted octanol–water partition coefficient (Wildman–Crippen LogP) is 7.26. The van der Waals surface area contributed by atoms with E-state index >= 15 is 0 Å². The third-order valence-electron chi connectivity index (χ3n) is 5.13. The van der Waals surface area contributed by atoms with Gasteiger partial charge in [0.1, 0.15) is 12.4 Å². The van der Waals surface area contributed by atoms with E-state index in [-0.39, 0.29) is 5.91 Å². The number of nitrogens with zero attached hydrogens (tertiary/aromatic N) is 2. The summed E-state index contributed by atoms with van der Waals surface area (Å²) in [7, 11) is 3.04. The first-order chi connectivity index (χ1) is 17.2. The van der Waals surface area contributed by atoms with E-state index in [1.807, 2.05) is 42.5 Å². The van der Waals surface area contributed by atoms with Crippen LogP contribution in [0.5, 0.6) is 5.75 Å². The van der Waals surface area contributed by atoms with Crippen molar-refractivity contribution < 1.29 is 19.1 Å². The van der Waals surface area contributed by atoms with Crippen molar-refractivity contribution in [3.05, 3.63) is 93.9 Å². The normalized spacial score (nSPS) is 15.6. The van der Waals surface area contributed by atoms with Gasteiger partial charge in [-0.15, -0.1) is 0 Å². The number of hydrogen-bond acceptors (Lipinski definition) is 6. The van der Waals surface area contributed by atoms with Gasteiger partial charge in [0.15, 0.2) is 5.17 Å². The van der Waals surface area contributed by atoms with Crippen LogP contribution >= 0.6 is 72.9 Å². The van der Waals surface area contributed by atoms with Crippen molar-refractivity contribution in [3.63, 3.8) is 0 Å². The Kier molecular flexibility index (Phi) is 9.12. The first-order valence-electron chi connectivity index (χ1n) is 10.6. The smallest absolute Gasteiger partial charge is 0.337 e. The number of amides is 1. The molecule has 1 fully saturated rings. The molecule has 10 heteroatoms. The van der Waals surface area contributed by atoms with E-state index in [0.29, 0.717) is 27.9 Å². The molecule has 1 aliphatic rings. The molecule has 3 aromatic rings. The second-order valence-electron chi connectivity index (χ2n) is 7.64. The second kappa shape index (κ2) is 12.1. The molecule has 0 saturated carbocycles. The Balaban J connectivity index is 1.51. The number of aliphatic imine (C=N–C) groups is 1. The van der Waals surface area contributed by atoms with Crippen LogP contribution in [0.3, 0.4) is 0 Å². The van der Waals surface area contributed by atoms with Crippen LogP contribution in [-0.4, -0.2) is 36.1 Å². The number of hydrogen-bond donors (Lipinski definition) is 0. The average molecular weight is 789 g/mol. The van der Waals surface area contributed by atoms with Gasteiger partial charge in [-0.05, 0) is 123 Å². The van der Waals surface area contributed by atoms with Crippen molar-refractivity contribution >= 4 is 102 Å². The Morgan fingerprint density at radius 1 is 1.08 bits per heavy atom. The van der Waals surface area contributed by atoms with E-state index in [9.17, 15) is 9.59 Å². The minimum absolute atomic E-state index is 0.120. The average Bonchev–Trinajstić information content (AvgIpc) is 3.12. The van der Waals surface area contributed by atoms with E-state index < -0.39 is 5.97 Å². The summed E-state index contributed by atoms with van der Waals surface area (Å²) in [5.41, 5.74) is 3.08. The van der Waals surface area contributed by atoms with Crippen molar-refractivity contribution in [2.45, 2.75) is 6.61 Å². The lowest BCUT2D eigenvalue weighted by Crippen LogP contribution is -2.23. The molecule has 4 rings (SSSR count). The third-order valence-corrected chi connectivity index (χ3v) is 8.32. The van der Waals surface area contributed by atoms with E-state index in [1.165, 1.54) is 23.8 Å². The highest BCUT2D eigenvalue weighted by Gasteiger charge is 2.30. The highest BCUT2D eigenvalue weighted by atomic mass is 127. The van der Waals surface area contributed by atoms with Crippen LogP contribution in [0.25, 0.3) is 6.08 Å². The Bertz CT molecular complexity index is 1350. The fourth-order valence-electron chi connectivity index (χ4n) is 3.24. The molecule has 0 atom stereocenters. The SMILES string of the molecule is COC(=O)c1ccc(N=C2S/C(=C/c3cc(I)c(OCc4ccc(Br)cc4)c(I)c3)C(=O)N2C)cc1. The minimum Gasteiger partial charge on any atom is -0.487 e. The highest BCUT2D eigenvalue weighted by Crippen LogP contribution is 2.35. The van der Waals surface area contributed by atoms with Crippen molar-refractivity contribution in [3.8, 4) is 5.75 Å². The zero-order valence-electron chi connectivity index (χ0n) is 19.1. The van der Waals surface area contributed by atoms with Crippen LogP contribution in [0.2, 0.25) is 0 Å². The summed E-state index contributed by atoms with van der Waals surface area (Å²) in [4.78, 5) is 31.2. The zero-order chi connectivity index (χ0) is 25.8. The molecule has 0 spiro atoms. The molecule has 3 aromatic carbocycles. The number of amidine groups is 1. The van der Waals surface area contributed by atoms with Gasteiger partial charge in [0.25, 0.3) is 5.91 Å². The van der Waals surface area contributed by atoms with Crippen LogP contribution < -0.4 is 4.74 Å². The van der Waals surface area contributed by atoms with Gasteiger partial charge < -0.3 is 9.47 Å². The maximum absolute atomic E-state index is 12.9. The predicted molar refractivity (Wildman–Crippen MR) is 164 cm³/mol. The highest BCUT2D eigenvalue weighted by molar-refractivity contribution is 14.1. The van der Waals surface area contributed by atoms with Crippen LogP contribution in [0, 0.1) is 7.14 Å². The van der Waals surface area contributed by atoms with Crippen molar-refractivity contribution in [1.82, 2.24) is 4.90 Å². The van der Waals surface area contributed by atoms with Gasteiger partial charge in [-0.25, -0.2) is 9.79 Å². The van der Waals surface area contributed by atoms with Gasteiger partial charge in [0, 0.05) is 11.5 Å². The van der Waals surface area contributed by atoms with Crippen molar-refractivity contribution in [2.75, 3.05) is 14.2 Å². The van der Waals surface area contributed by atoms with Gasteiger partial charge in [-0.2, -0.15) is 0 Å². The summed E-state index contributed by atoms with van der Waals surface area (Å²) in [5, 5.41) is 0.566. The maximum atomic E-state index is 12.9. The van der Waals surface area contributed by atoms with Crippen LogP contribution in [0.1, 0.15) is 21.5 Å². The molecule has 1 aliphatic heterocycles. The standard InChI is InChI=1S/C26H19BrI2N2O4S/c1-31-24(32)22(36-26(31)30-19-9-5-17(6-10-19)25(33)34-2)13-16-11-20(28)23(21(29)12-16)35-14-15-3-7-18(27)8-4-15/h3-13H,14H2,1-2H3/b22-13+,30-26?. The van der Waals surface area contributed by atoms with Gasteiger partial charge in [0.05, 0.1) is 30.4 Å². The first-order valence-corrected chi connectivity index (χ1v) is 14.3. The number of benzene rings is 3. The topological polar surface area (TPSA) is 68.2 Å². The molecule has 184 valence electrons. The molecule has 0 aromatic heterocycles. The van der Waals surface area contributed by atoms with E-state index in [0.717, 1.165) is 28.5 Å². The van der Waals surface area contributed by atoms with Crippen LogP contribution in [-0.2, 0) is 16.1 Å². The van der Waals surface area contributed by atoms with E-state index in [4.69, 9.17) is 9.47 Å². The largest absolute Gasteiger partial charge is 0.487 e. The number of ether oxygens (including phenoxy) is 2. The number of carbonyl (C=O) groups is 2. The molecular formula is C26H19BrI2N2O4S. The van der Waals surface area contributed by atoms with Gasteiger partial charge >= 0.3 is 5.97 Å². The molecule has 1 amide bonds. The number of rotatable bonds is 6. The lowest BCUT2D eigenvalue weighted by atomic mass is 10.2. The monoisotopic (exact) mass is 788 g/mol. The van der Waals surface area contributed by atoms with E-state index in [2.05, 4.69) is 66.1 Å². The molecular weight excluding hydrogens is 770 g/mol. The third kappa shape index (κ3) is 6.50. The number of thioether (sulfide) groups is 1. The van der Waals surface area contributed by atoms with Gasteiger partial charge in [-0.3, -0.25) is 9.69 Å². The number of carbonyl (C=O) groups excluding carboxylic acids is 2. The quantitative estimate of drug-likeness (QED) is 0.150. The number of likely N-dealkylation sites (N-methyl/N-ethyl adjacent to an activating group) is 1. The van der Waals surface area contributed by atoms with Crippen molar-refractivity contribution in [2.24, 2.45) is 4.99 Å². The maximum Gasteiger partial charge on any atom is 0.337 e. The molecule has 6 nitrogen and oxygen atoms in total. The van der Waals surface area contributed by atoms with Crippen molar-refractivity contribution in [1.29, 1.82) is 0 Å². The lowest BCUT2D eigenvalue weighted by Gasteiger charge is -2.12. The fraction of sp³-hybridized carbons (Fsp3) is 0.115. The van der Waals surface area contributed by atoms with Gasteiger partial charge in [0.2, 0.25) is 0 Å². The summed E-state index contributed by atoms with van der Waals surface area (Å²) < 4.78 is 13.8. The molecule has 0 bridgehead atoms. The number of esters is 1. The fourth-order valence-corrected chi connectivity index (χ4v) is 6.62. The molecule has 0 aliphatic carbocycles. The van der Waals surface area contributed by atoms with Gasteiger partial charge in [-0.1, -0.05) is 28.1 Å².